The van der Waals surface area contributed by atoms with Gasteiger partial charge in [0.15, 0.2) is 0 Å². The molecule has 0 spiro atoms. The molecule has 0 aliphatic rings. The standard InChI is InChI=1S/C16H24FN5O5/c1-10(2)7-13(16(23)18-5-6-20(3)4)19-12-8-11(17)14(21(24)25)9-15(12)22(26)27/h8-10,13,19H,5-7H2,1-4H3,(H,18,23)/t13-/m1/s1. The summed E-state index contributed by atoms with van der Waals surface area (Å²) in [6.07, 6.45) is 0.337. The summed E-state index contributed by atoms with van der Waals surface area (Å²) in [5.41, 5.74) is -1.95. The molecule has 0 saturated carbocycles. The Labute approximate surface area is 156 Å². The number of nitro benzene ring substituents is 2. The summed E-state index contributed by atoms with van der Waals surface area (Å²) in [5.74, 6) is -1.54. The third-order valence-electron chi connectivity index (χ3n) is 3.67. The van der Waals surface area contributed by atoms with Crippen LogP contribution < -0.4 is 10.6 Å². The normalized spacial score (nSPS) is 12.1. The van der Waals surface area contributed by atoms with Crippen LogP contribution in [0.1, 0.15) is 20.3 Å². The summed E-state index contributed by atoms with van der Waals surface area (Å²) in [6.45, 7) is 4.71. The van der Waals surface area contributed by atoms with Gasteiger partial charge in [-0.2, -0.15) is 4.39 Å². The van der Waals surface area contributed by atoms with Crippen molar-refractivity contribution in [3.63, 3.8) is 0 Å². The SMILES string of the molecule is CC(C)C[C@@H](Nc1cc(F)c([N+](=O)[O-])cc1[N+](=O)[O-])C(=O)NCCN(C)C. The zero-order valence-electron chi connectivity index (χ0n) is 15.7. The van der Waals surface area contributed by atoms with Crippen molar-refractivity contribution in [2.24, 2.45) is 5.92 Å². The van der Waals surface area contributed by atoms with Gasteiger partial charge < -0.3 is 15.5 Å². The Hall–Kier alpha value is -2.82. The van der Waals surface area contributed by atoms with Crippen molar-refractivity contribution in [3.8, 4) is 0 Å². The van der Waals surface area contributed by atoms with Gasteiger partial charge in [-0.05, 0) is 26.4 Å². The number of nitrogens with zero attached hydrogens (tertiary/aromatic N) is 3. The van der Waals surface area contributed by atoms with E-state index in [1.165, 1.54) is 0 Å². The minimum Gasteiger partial charge on any atom is -0.368 e. The van der Waals surface area contributed by atoms with Gasteiger partial charge in [-0.15, -0.1) is 0 Å². The van der Waals surface area contributed by atoms with E-state index < -0.39 is 39.0 Å². The summed E-state index contributed by atoms with van der Waals surface area (Å²) in [5, 5.41) is 27.4. The summed E-state index contributed by atoms with van der Waals surface area (Å²) in [7, 11) is 3.69. The van der Waals surface area contributed by atoms with Gasteiger partial charge in [-0.25, -0.2) is 0 Å². The first-order chi connectivity index (χ1) is 12.5. The minimum atomic E-state index is -1.22. The average molecular weight is 385 g/mol. The number of anilines is 1. The molecule has 1 aromatic carbocycles. The molecule has 1 rings (SSSR count). The molecule has 150 valence electrons. The number of halogens is 1. The van der Waals surface area contributed by atoms with Crippen molar-refractivity contribution in [1.82, 2.24) is 10.2 Å². The van der Waals surface area contributed by atoms with Crippen LogP contribution in [0.15, 0.2) is 12.1 Å². The Morgan fingerprint density at radius 1 is 1.19 bits per heavy atom. The van der Waals surface area contributed by atoms with Crippen molar-refractivity contribution in [3.05, 3.63) is 38.2 Å². The number of nitrogens with one attached hydrogen (secondary N) is 2. The maximum Gasteiger partial charge on any atom is 0.311 e. The van der Waals surface area contributed by atoms with Crippen LogP contribution in [0, 0.1) is 32.0 Å². The van der Waals surface area contributed by atoms with E-state index in [9.17, 15) is 29.4 Å². The van der Waals surface area contributed by atoms with Crippen LogP contribution in [0.4, 0.5) is 21.5 Å². The first kappa shape index (κ1) is 22.2. The Bertz CT molecular complexity index is 711. The minimum absolute atomic E-state index is 0.0732. The molecule has 0 unspecified atom stereocenters. The predicted octanol–water partition coefficient (Wildman–Crippen LogP) is 2.15. The highest BCUT2D eigenvalue weighted by Gasteiger charge is 2.28. The number of carbonyl (C=O) groups is 1. The fourth-order valence-corrected chi connectivity index (χ4v) is 2.37. The van der Waals surface area contributed by atoms with Crippen LogP contribution >= 0.6 is 0 Å². The number of nitro groups is 2. The van der Waals surface area contributed by atoms with Gasteiger partial charge in [0.1, 0.15) is 11.7 Å². The molecule has 10 nitrogen and oxygen atoms in total. The smallest absolute Gasteiger partial charge is 0.311 e. The van der Waals surface area contributed by atoms with E-state index in [2.05, 4.69) is 10.6 Å². The van der Waals surface area contributed by atoms with Crippen molar-refractivity contribution in [1.29, 1.82) is 0 Å². The molecule has 1 aromatic rings. The largest absolute Gasteiger partial charge is 0.368 e. The number of hydrogen-bond acceptors (Lipinski definition) is 7. The maximum absolute atomic E-state index is 13.9. The summed E-state index contributed by atoms with van der Waals surface area (Å²) in [4.78, 5) is 34.5. The molecule has 0 heterocycles. The Morgan fingerprint density at radius 2 is 1.78 bits per heavy atom. The van der Waals surface area contributed by atoms with Gasteiger partial charge >= 0.3 is 5.69 Å². The zero-order chi connectivity index (χ0) is 20.7. The fourth-order valence-electron chi connectivity index (χ4n) is 2.37. The van der Waals surface area contributed by atoms with Crippen molar-refractivity contribution in [2.45, 2.75) is 26.3 Å². The molecule has 1 atom stereocenters. The third-order valence-corrected chi connectivity index (χ3v) is 3.67. The number of carbonyl (C=O) groups excluding carboxylic acids is 1. The van der Waals surface area contributed by atoms with E-state index in [0.29, 0.717) is 31.6 Å². The molecular formula is C16H24FN5O5. The van der Waals surface area contributed by atoms with Crippen molar-refractivity contribution >= 4 is 23.0 Å². The van der Waals surface area contributed by atoms with Crippen LogP contribution in [0.25, 0.3) is 0 Å². The van der Waals surface area contributed by atoms with Gasteiger partial charge in [0.05, 0.1) is 15.9 Å². The summed E-state index contributed by atoms with van der Waals surface area (Å²) < 4.78 is 13.9. The molecule has 2 N–H and O–H groups in total. The molecule has 0 aliphatic carbocycles. The lowest BCUT2D eigenvalue weighted by Gasteiger charge is -2.21. The lowest BCUT2D eigenvalue weighted by atomic mass is 10.0. The van der Waals surface area contributed by atoms with Crippen LogP contribution in [0.2, 0.25) is 0 Å². The number of likely N-dealkylation sites (N-methyl/N-ethyl adjacent to an activating group) is 1. The fraction of sp³-hybridized carbons (Fsp3) is 0.562. The van der Waals surface area contributed by atoms with E-state index in [1.54, 1.807) is 0 Å². The molecule has 0 fully saturated rings. The second-order valence-electron chi connectivity index (χ2n) is 6.76. The van der Waals surface area contributed by atoms with Crippen LogP contribution in [0.3, 0.4) is 0 Å². The van der Waals surface area contributed by atoms with E-state index in [4.69, 9.17) is 0 Å². The van der Waals surface area contributed by atoms with Gasteiger partial charge in [0.25, 0.3) is 5.69 Å². The first-order valence-corrected chi connectivity index (χ1v) is 8.34. The summed E-state index contributed by atoms with van der Waals surface area (Å²) in [6, 6.07) is 0.372. The number of amides is 1. The Balaban J connectivity index is 3.12. The number of benzene rings is 1. The molecule has 0 bridgehead atoms. The second-order valence-corrected chi connectivity index (χ2v) is 6.76. The third kappa shape index (κ3) is 6.77. The van der Waals surface area contributed by atoms with Crippen LogP contribution in [-0.4, -0.2) is 53.9 Å². The molecule has 0 aromatic heterocycles. The molecule has 1 amide bonds. The molecule has 0 aliphatic heterocycles. The van der Waals surface area contributed by atoms with E-state index in [1.807, 2.05) is 32.8 Å². The molecule has 11 heteroatoms. The highest BCUT2D eigenvalue weighted by molar-refractivity contribution is 5.85. The molecule has 27 heavy (non-hydrogen) atoms. The second kappa shape index (κ2) is 9.76. The van der Waals surface area contributed by atoms with E-state index >= 15 is 0 Å². The number of hydrogen-bond donors (Lipinski definition) is 2. The van der Waals surface area contributed by atoms with Crippen LogP contribution in [0.5, 0.6) is 0 Å². The number of rotatable bonds is 10. The van der Waals surface area contributed by atoms with Crippen LogP contribution in [-0.2, 0) is 4.79 Å². The van der Waals surface area contributed by atoms with Gasteiger partial charge in [0, 0.05) is 19.2 Å². The highest BCUT2D eigenvalue weighted by Crippen LogP contribution is 2.32. The van der Waals surface area contributed by atoms with Crippen molar-refractivity contribution in [2.75, 3.05) is 32.5 Å². The van der Waals surface area contributed by atoms with Crippen molar-refractivity contribution < 1.29 is 19.0 Å². The van der Waals surface area contributed by atoms with Gasteiger partial charge in [0.2, 0.25) is 11.7 Å². The van der Waals surface area contributed by atoms with E-state index in [0.717, 1.165) is 0 Å². The monoisotopic (exact) mass is 385 g/mol. The lowest BCUT2D eigenvalue weighted by Crippen LogP contribution is -2.42. The molecule has 0 radical (unpaired) electrons. The quantitative estimate of drug-likeness (QED) is 0.466. The van der Waals surface area contributed by atoms with Gasteiger partial charge in [-0.3, -0.25) is 25.0 Å². The summed E-state index contributed by atoms with van der Waals surface area (Å²) >= 11 is 0. The predicted molar refractivity (Wildman–Crippen MR) is 98.1 cm³/mol. The zero-order valence-corrected chi connectivity index (χ0v) is 15.7. The highest BCUT2D eigenvalue weighted by atomic mass is 19.1. The Morgan fingerprint density at radius 3 is 2.26 bits per heavy atom. The molecule has 0 saturated heterocycles. The maximum atomic E-state index is 13.9. The topological polar surface area (TPSA) is 131 Å². The lowest BCUT2D eigenvalue weighted by molar-refractivity contribution is -0.395. The molecular weight excluding hydrogens is 361 g/mol. The van der Waals surface area contributed by atoms with Gasteiger partial charge in [-0.1, -0.05) is 13.8 Å². The Kier molecular flexibility index (Phi) is 8.03. The average Bonchev–Trinajstić information content (AvgIpc) is 2.52. The first-order valence-electron chi connectivity index (χ1n) is 8.34. The van der Waals surface area contributed by atoms with E-state index in [-0.39, 0.29) is 11.6 Å².